The standard InChI is InChI=1S/C22H27F3N4O2S/c23-22(24,25)18-5-3-4-17(14-18)16-28-12-8-19(9-13-28)27-21-7-6-20(15-26-21)32(30,31)29-10-1-2-11-29/h3-7,14-15,19H,1-2,8-13,16H2,(H,26,27). The quantitative estimate of drug-likeness (QED) is 0.695. The summed E-state index contributed by atoms with van der Waals surface area (Å²) in [5.74, 6) is 0.627. The van der Waals surface area contributed by atoms with Crippen LogP contribution in [0.15, 0.2) is 47.5 Å². The molecule has 0 spiro atoms. The van der Waals surface area contributed by atoms with Crippen molar-refractivity contribution >= 4 is 15.8 Å². The molecular weight excluding hydrogens is 441 g/mol. The van der Waals surface area contributed by atoms with E-state index in [0.717, 1.165) is 44.8 Å². The number of piperidine rings is 1. The zero-order valence-corrected chi connectivity index (χ0v) is 18.5. The van der Waals surface area contributed by atoms with E-state index in [2.05, 4.69) is 15.2 Å². The highest BCUT2D eigenvalue weighted by molar-refractivity contribution is 7.89. The van der Waals surface area contributed by atoms with Crippen molar-refractivity contribution in [1.29, 1.82) is 0 Å². The third-order valence-corrected chi connectivity index (χ3v) is 7.92. The predicted molar refractivity (Wildman–Crippen MR) is 116 cm³/mol. The molecule has 0 radical (unpaired) electrons. The van der Waals surface area contributed by atoms with E-state index in [4.69, 9.17) is 0 Å². The van der Waals surface area contributed by atoms with Gasteiger partial charge in [-0.1, -0.05) is 18.2 Å². The van der Waals surface area contributed by atoms with Gasteiger partial charge in [0.1, 0.15) is 10.7 Å². The molecule has 0 aliphatic carbocycles. The molecule has 2 fully saturated rings. The minimum absolute atomic E-state index is 0.182. The lowest BCUT2D eigenvalue weighted by atomic mass is 10.0. The number of alkyl halides is 3. The minimum Gasteiger partial charge on any atom is -0.367 e. The van der Waals surface area contributed by atoms with Gasteiger partial charge in [-0.05, 0) is 49.4 Å². The van der Waals surface area contributed by atoms with Gasteiger partial charge in [0.25, 0.3) is 0 Å². The van der Waals surface area contributed by atoms with Gasteiger partial charge in [-0.3, -0.25) is 4.90 Å². The number of aromatic nitrogens is 1. The molecule has 0 atom stereocenters. The number of halogens is 3. The Balaban J connectivity index is 1.29. The average Bonchev–Trinajstić information content (AvgIpc) is 3.31. The van der Waals surface area contributed by atoms with E-state index < -0.39 is 21.8 Å². The second-order valence-electron chi connectivity index (χ2n) is 8.38. The number of rotatable bonds is 6. The van der Waals surface area contributed by atoms with Crippen LogP contribution in [0, 0.1) is 0 Å². The fourth-order valence-electron chi connectivity index (χ4n) is 4.24. The van der Waals surface area contributed by atoms with Crippen LogP contribution in [0.4, 0.5) is 19.0 Å². The fourth-order valence-corrected chi connectivity index (χ4v) is 5.71. The predicted octanol–water partition coefficient (Wildman–Crippen LogP) is 3.96. The highest BCUT2D eigenvalue weighted by atomic mass is 32.2. The molecule has 2 aliphatic heterocycles. The molecule has 174 valence electrons. The summed E-state index contributed by atoms with van der Waals surface area (Å²) in [7, 11) is -3.47. The molecule has 10 heteroatoms. The summed E-state index contributed by atoms with van der Waals surface area (Å²) < 4.78 is 65.4. The van der Waals surface area contributed by atoms with Crippen LogP contribution >= 0.6 is 0 Å². The lowest BCUT2D eigenvalue weighted by molar-refractivity contribution is -0.137. The molecule has 1 aromatic heterocycles. The van der Waals surface area contributed by atoms with Gasteiger partial charge in [-0.2, -0.15) is 17.5 Å². The van der Waals surface area contributed by atoms with E-state index in [1.165, 1.54) is 22.6 Å². The number of sulfonamides is 1. The smallest absolute Gasteiger partial charge is 0.367 e. The van der Waals surface area contributed by atoms with Gasteiger partial charge in [0.05, 0.1) is 5.56 Å². The lowest BCUT2D eigenvalue weighted by Crippen LogP contribution is -2.38. The van der Waals surface area contributed by atoms with Crippen molar-refractivity contribution in [3.8, 4) is 0 Å². The Kier molecular flexibility index (Phi) is 6.73. The van der Waals surface area contributed by atoms with Crippen LogP contribution in [0.2, 0.25) is 0 Å². The van der Waals surface area contributed by atoms with E-state index >= 15 is 0 Å². The van der Waals surface area contributed by atoms with Crippen molar-refractivity contribution in [2.24, 2.45) is 0 Å². The van der Waals surface area contributed by atoms with E-state index in [1.807, 2.05) is 0 Å². The zero-order valence-electron chi connectivity index (χ0n) is 17.7. The number of benzene rings is 1. The SMILES string of the molecule is O=S(=O)(c1ccc(NC2CCN(Cc3cccc(C(F)(F)F)c3)CC2)nc1)N1CCCC1. The molecule has 3 heterocycles. The Labute approximate surface area is 186 Å². The molecule has 1 aromatic carbocycles. The molecule has 0 unspecified atom stereocenters. The van der Waals surface area contributed by atoms with Crippen LogP contribution in [0.5, 0.6) is 0 Å². The van der Waals surface area contributed by atoms with Crippen molar-refractivity contribution in [1.82, 2.24) is 14.2 Å². The normalized spacial score (nSPS) is 19.3. The van der Waals surface area contributed by atoms with Gasteiger partial charge < -0.3 is 5.32 Å². The highest BCUT2D eigenvalue weighted by Crippen LogP contribution is 2.30. The van der Waals surface area contributed by atoms with Crippen LogP contribution in [-0.2, 0) is 22.7 Å². The topological polar surface area (TPSA) is 65.5 Å². The zero-order chi connectivity index (χ0) is 22.8. The van der Waals surface area contributed by atoms with Crippen LogP contribution < -0.4 is 5.32 Å². The molecular formula is C22H27F3N4O2S. The maximum absolute atomic E-state index is 12.9. The summed E-state index contributed by atoms with van der Waals surface area (Å²) in [5, 5.41) is 3.35. The summed E-state index contributed by atoms with van der Waals surface area (Å²) in [4.78, 5) is 6.65. The number of anilines is 1. The van der Waals surface area contributed by atoms with Crippen LogP contribution in [0.1, 0.15) is 36.8 Å². The number of hydrogen-bond donors (Lipinski definition) is 1. The van der Waals surface area contributed by atoms with Crippen molar-refractivity contribution in [3.05, 3.63) is 53.7 Å². The first-order valence-corrected chi connectivity index (χ1v) is 12.3. The first-order valence-electron chi connectivity index (χ1n) is 10.8. The van der Waals surface area contributed by atoms with Crippen molar-refractivity contribution in [2.75, 3.05) is 31.5 Å². The second kappa shape index (κ2) is 9.36. The highest BCUT2D eigenvalue weighted by Gasteiger charge is 2.31. The van der Waals surface area contributed by atoms with Crippen LogP contribution in [0.25, 0.3) is 0 Å². The molecule has 0 bridgehead atoms. The molecule has 0 saturated carbocycles. The van der Waals surface area contributed by atoms with E-state index in [-0.39, 0.29) is 10.9 Å². The number of pyridine rings is 1. The molecule has 32 heavy (non-hydrogen) atoms. The monoisotopic (exact) mass is 468 g/mol. The number of nitrogens with one attached hydrogen (secondary N) is 1. The largest absolute Gasteiger partial charge is 0.416 e. The maximum atomic E-state index is 12.9. The Bertz CT molecular complexity index is 1010. The van der Waals surface area contributed by atoms with Gasteiger partial charge in [0, 0.05) is 45.0 Å². The lowest BCUT2D eigenvalue weighted by Gasteiger charge is -2.32. The van der Waals surface area contributed by atoms with Crippen LogP contribution in [-0.4, -0.2) is 54.8 Å². The molecule has 6 nitrogen and oxygen atoms in total. The van der Waals surface area contributed by atoms with E-state index in [9.17, 15) is 21.6 Å². The Morgan fingerprint density at radius 3 is 2.38 bits per heavy atom. The van der Waals surface area contributed by atoms with Gasteiger partial charge in [-0.25, -0.2) is 13.4 Å². The maximum Gasteiger partial charge on any atom is 0.416 e. The summed E-state index contributed by atoms with van der Waals surface area (Å²) in [5.41, 5.74) is 0.0375. The third kappa shape index (κ3) is 5.41. The van der Waals surface area contributed by atoms with Gasteiger partial charge in [0.15, 0.2) is 0 Å². The second-order valence-corrected chi connectivity index (χ2v) is 10.3. The number of nitrogens with zero attached hydrogens (tertiary/aromatic N) is 3. The number of hydrogen-bond acceptors (Lipinski definition) is 5. The molecule has 2 saturated heterocycles. The van der Waals surface area contributed by atoms with Crippen LogP contribution in [0.3, 0.4) is 0 Å². The molecule has 1 N–H and O–H groups in total. The van der Waals surface area contributed by atoms with Crippen molar-refractivity contribution in [3.63, 3.8) is 0 Å². The van der Waals surface area contributed by atoms with Gasteiger partial charge in [-0.15, -0.1) is 0 Å². The van der Waals surface area contributed by atoms with Crippen molar-refractivity contribution < 1.29 is 21.6 Å². The summed E-state index contributed by atoms with van der Waals surface area (Å²) in [6.45, 7) is 3.12. The number of likely N-dealkylation sites (tertiary alicyclic amines) is 1. The average molecular weight is 469 g/mol. The third-order valence-electron chi connectivity index (χ3n) is 6.04. The Morgan fingerprint density at radius 2 is 1.75 bits per heavy atom. The first-order chi connectivity index (χ1) is 15.2. The molecule has 2 aromatic rings. The fraction of sp³-hybridized carbons (Fsp3) is 0.500. The molecule has 4 rings (SSSR count). The summed E-state index contributed by atoms with van der Waals surface area (Å²) in [6.07, 6.45) is 0.502. The molecule has 2 aliphatic rings. The van der Waals surface area contributed by atoms with Crippen molar-refractivity contribution in [2.45, 2.75) is 49.3 Å². The summed E-state index contributed by atoms with van der Waals surface area (Å²) in [6, 6.07) is 8.94. The summed E-state index contributed by atoms with van der Waals surface area (Å²) >= 11 is 0. The molecule has 0 amide bonds. The van der Waals surface area contributed by atoms with Gasteiger partial charge >= 0.3 is 6.18 Å². The Morgan fingerprint density at radius 1 is 1.03 bits per heavy atom. The first kappa shape index (κ1) is 23.0. The van der Waals surface area contributed by atoms with E-state index in [0.29, 0.717) is 31.0 Å². The van der Waals surface area contributed by atoms with E-state index in [1.54, 1.807) is 18.2 Å². The Hall–Kier alpha value is -2.17. The van der Waals surface area contributed by atoms with Gasteiger partial charge in [0.2, 0.25) is 10.0 Å². The minimum atomic E-state index is -4.33.